The van der Waals surface area contributed by atoms with E-state index in [4.69, 9.17) is 17.3 Å². The van der Waals surface area contributed by atoms with E-state index >= 15 is 0 Å². The Morgan fingerprint density at radius 3 is 2.32 bits per heavy atom. The molecular weight excluding hydrogens is 381 g/mol. The SMILES string of the molecule is CC(C)c1nn(CC(=O)N2CCN(c3ccc(F)cc3)CC2)c(C(C)N)c1Cl. The van der Waals surface area contributed by atoms with E-state index in [1.807, 2.05) is 25.7 Å². The van der Waals surface area contributed by atoms with Gasteiger partial charge in [-0.25, -0.2) is 4.39 Å². The van der Waals surface area contributed by atoms with Crippen molar-refractivity contribution in [2.24, 2.45) is 5.73 Å². The molecule has 1 fully saturated rings. The molecule has 2 aromatic rings. The van der Waals surface area contributed by atoms with Crippen molar-refractivity contribution in [3.05, 3.63) is 46.5 Å². The number of halogens is 2. The van der Waals surface area contributed by atoms with Crippen molar-refractivity contribution in [1.82, 2.24) is 14.7 Å². The average molecular weight is 408 g/mol. The number of piperazine rings is 1. The predicted octanol–water partition coefficient (Wildman–Crippen LogP) is 3.17. The van der Waals surface area contributed by atoms with Gasteiger partial charge in [-0.1, -0.05) is 25.4 Å². The number of benzene rings is 1. The van der Waals surface area contributed by atoms with E-state index in [2.05, 4.69) is 10.00 Å². The molecule has 0 spiro atoms. The minimum absolute atomic E-state index is 0.00451. The van der Waals surface area contributed by atoms with Gasteiger partial charge in [0.1, 0.15) is 12.4 Å². The lowest BCUT2D eigenvalue weighted by Crippen LogP contribution is -2.49. The largest absolute Gasteiger partial charge is 0.368 e. The summed E-state index contributed by atoms with van der Waals surface area (Å²) in [6, 6.07) is 6.13. The Kier molecular flexibility index (Phi) is 6.25. The number of carbonyl (C=O) groups is 1. The van der Waals surface area contributed by atoms with Crippen LogP contribution < -0.4 is 10.6 Å². The summed E-state index contributed by atoms with van der Waals surface area (Å²) in [5.74, 6) is -0.100. The number of amides is 1. The predicted molar refractivity (Wildman–Crippen MR) is 109 cm³/mol. The molecule has 1 amide bonds. The number of aromatic nitrogens is 2. The number of hydrogen-bond acceptors (Lipinski definition) is 4. The molecule has 28 heavy (non-hydrogen) atoms. The standard InChI is InChI=1S/C20H27ClFN5O/c1-13(2)19-18(21)20(14(3)23)27(24-19)12-17(28)26-10-8-25(9-11-26)16-6-4-15(22)5-7-16/h4-7,13-14H,8-12,23H2,1-3H3. The van der Waals surface area contributed by atoms with E-state index in [0.717, 1.165) is 11.4 Å². The van der Waals surface area contributed by atoms with Crippen LogP contribution in [0, 0.1) is 5.82 Å². The lowest BCUT2D eigenvalue weighted by atomic mass is 10.1. The molecule has 6 nitrogen and oxygen atoms in total. The highest BCUT2D eigenvalue weighted by atomic mass is 35.5. The van der Waals surface area contributed by atoms with Crippen molar-refractivity contribution in [1.29, 1.82) is 0 Å². The Labute approximate surface area is 170 Å². The van der Waals surface area contributed by atoms with Crippen LogP contribution in [0.4, 0.5) is 10.1 Å². The second-order valence-electron chi connectivity index (χ2n) is 7.53. The first kappa shape index (κ1) is 20.6. The van der Waals surface area contributed by atoms with Gasteiger partial charge in [0.05, 0.1) is 16.4 Å². The lowest BCUT2D eigenvalue weighted by Gasteiger charge is -2.36. The highest BCUT2D eigenvalue weighted by Crippen LogP contribution is 2.30. The molecule has 1 aromatic carbocycles. The van der Waals surface area contributed by atoms with Crippen LogP contribution in [0.15, 0.2) is 24.3 Å². The zero-order valence-electron chi connectivity index (χ0n) is 16.5. The highest BCUT2D eigenvalue weighted by molar-refractivity contribution is 6.32. The van der Waals surface area contributed by atoms with Crippen molar-refractivity contribution in [2.75, 3.05) is 31.1 Å². The van der Waals surface area contributed by atoms with Crippen LogP contribution in [0.5, 0.6) is 0 Å². The van der Waals surface area contributed by atoms with Gasteiger partial charge in [-0.05, 0) is 37.1 Å². The Balaban J connectivity index is 1.66. The molecule has 1 saturated heterocycles. The van der Waals surface area contributed by atoms with E-state index in [1.165, 1.54) is 12.1 Å². The quantitative estimate of drug-likeness (QED) is 0.826. The van der Waals surface area contributed by atoms with Crippen LogP contribution in [-0.2, 0) is 11.3 Å². The molecular formula is C20H27ClFN5O. The molecule has 152 valence electrons. The summed E-state index contributed by atoms with van der Waals surface area (Å²) in [7, 11) is 0. The van der Waals surface area contributed by atoms with E-state index < -0.39 is 0 Å². The number of rotatable bonds is 5. The third-order valence-electron chi connectivity index (χ3n) is 5.04. The smallest absolute Gasteiger partial charge is 0.244 e. The van der Waals surface area contributed by atoms with E-state index in [0.29, 0.717) is 36.9 Å². The molecule has 1 aliphatic rings. The molecule has 1 unspecified atom stereocenters. The molecule has 0 aliphatic carbocycles. The number of carbonyl (C=O) groups excluding carboxylic acids is 1. The minimum atomic E-state index is -0.310. The maximum Gasteiger partial charge on any atom is 0.244 e. The molecule has 2 heterocycles. The zero-order chi connectivity index (χ0) is 20.4. The summed E-state index contributed by atoms with van der Waals surface area (Å²) < 4.78 is 14.7. The number of nitrogens with zero attached hydrogens (tertiary/aromatic N) is 4. The van der Waals surface area contributed by atoms with Gasteiger partial charge in [-0.15, -0.1) is 0 Å². The fourth-order valence-electron chi connectivity index (χ4n) is 3.49. The first-order valence-corrected chi connectivity index (χ1v) is 9.95. The summed E-state index contributed by atoms with van der Waals surface area (Å²) in [6.45, 7) is 8.62. The zero-order valence-corrected chi connectivity index (χ0v) is 17.3. The average Bonchev–Trinajstić information content (AvgIpc) is 2.99. The van der Waals surface area contributed by atoms with E-state index in [9.17, 15) is 9.18 Å². The van der Waals surface area contributed by atoms with E-state index in [1.54, 1.807) is 16.8 Å². The third-order valence-corrected chi connectivity index (χ3v) is 5.43. The minimum Gasteiger partial charge on any atom is -0.368 e. The highest BCUT2D eigenvalue weighted by Gasteiger charge is 2.26. The number of nitrogens with two attached hydrogens (primary N) is 1. The topological polar surface area (TPSA) is 67.4 Å². The van der Waals surface area contributed by atoms with Gasteiger partial charge in [-0.2, -0.15) is 5.10 Å². The Hall–Kier alpha value is -2.12. The molecule has 0 saturated carbocycles. The summed E-state index contributed by atoms with van der Waals surface area (Å²) in [4.78, 5) is 16.8. The lowest BCUT2D eigenvalue weighted by molar-refractivity contribution is -0.132. The van der Waals surface area contributed by atoms with Crippen LogP contribution in [0.2, 0.25) is 5.02 Å². The van der Waals surface area contributed by atoms with Crippen LogP contribution in [0.1, 0.15) is 44.1 Å². The van der Waals surface area contributed by atoms with Crippen LogP contribution in [0.3, 0.4) is 0 Å². The second kappa shape index (κ2) is 8.49. The van der Waals surface area contributed by atoms with Gasteiger partial charge in [-0.3, -0.25) is 9.48 Å². The summed E-state index contributed by atoms with van der Waals surface area (Å²) in [6.07, 6.45) is 0. The molecule has 2 N–H and O–H groups in total. The molecule has 0 bridgehead atoms. The molecule has 1 atom stereocenters. The molecule has 8 heteroatoms. The van der Waals surface area contributed by atoms with Gasteiger partial charge in [0.25, 0.3) is 0 Å². The normalized spacial score (nSPS) is 16.0. The van der Waals surface area contributed by atoms with Crippen LogP contribution >= 0.6 is 11.6 Å². The first-order chi connectivity index (χ1) is 13.3. The number of hydrogen-bond donors (Lipinski definition) is 1. The number of anilines is 1. The molecule has 1 aromatic heterocycles. The Morgan fingerprint density at radius 2 is 1.79 bits per heavy atom. The van der Waals surface area contributed by atoms with E-state index in [-0.39, 0.29) is 30.2 Å². The molecule has 3 rings (SSSR count). The summed E-state index contributed by atoms with van der Waals surface area (Å²) >= 11 is 6.47. The molecule has 0 radical (unpaired) electrons. The maximum atomic E-state index is 13.1. The van der Waals surface area contributed by atoms with Gasteiger partial charge in [0.15, 0.2) is 0 Å². The monoisotopic (exact) mass is 407 g/mol. The van der Waals surface area contributed by atoms with Gasteiger partial charge in [0, 0.05) is 37.9 Å². The first-order valence-electron chi connectivity index (χ1n) is 9.58. The van der Waals surface area contributed by atoms with Crippen molar-refractivity contribution in [2.45, 2.75) is 39.3 Å². The third kappa shape index (κ3) is 4.31. The van der Waals surface area contributed by atoms with Crippen LogP contribution in [-0.4, -0.2) is 46.8 Å². The fourth-order valence-corrected chi connectivity index (χ4v) is 4.02. The van der Waals surface area contributed by atoms with Gasteiger partial charge >= 0.3 is 0 Å². The maximum absolute atomic E-state index is 13.1. The Bertz CT molecular complexity index is 826. The van der Waals surface area contributed by atoms with Crippen molar-refractivity contribution < 1.29 is 9.18 Å². The molecule has 1 aliphatic heterocycles. The summed E-state index contributed by atoms with van der Waals surface area (Å²) in [5, 5.41) is 5.10. The van der Waals surface area contributed by atoms with Crippen molar-refractivity contribution in [3.8, 4) is 0 Å². The summed E-state index contributed by atoms with van der Waals surface area (Å²) in [5.41, 5.74) is 8.50. The van der Waals surface area contributed by atoms with Crippen LogP contribution in [0.25, 0.3) is 0 Å². The van der Waals surface area contributed by atoms with Crippen molar-refractivity contribution in [3.63, 3.8) is 0 Å². The van der Waals surface area contributed by atoms with Gasteiger partial charge < -0.3 is 15.5 Å². The Morgan fingerprint density at radius 1 is 1.18 bits per heavy atom. The second-order valence-corrected chi connectivity index (χ2v) is 7.91. The fraction of sp³-hybridized carbons (Fsp3) is 0.500. The van der Waals surface area contributed by atoms with Gasteiger partial charge in [0.2, 0.25) is 5.91 Å². The van der Waals surface area contributed by atoms with Crippen molar-refractivity contribution >= 4 is 23.2 Å².